The summed E-state index contributed by atoms with van der Waals surface area (Å²) in [6, 6.07) is 17.9. The van der Waals surface area contributed by atoms with E-state index in [-0.39, 0.29) is 0 Å². The molecule has 4 aromatic rings. The number of hydrogen-bond donors (Lipinski definition) is 0. The molecule has 0 spiro atoms. The second-order valence-corrected chi connectivity index (χ2v) is 7.57. The second-order valence-electron chi connectivity index (χ2n) is 6.63. The first-order valence-electron chi connectivity index (χ1n) is 9.46. The summed E-state index contributed by atoms with van der Waals surface area (Å²) in [5.41, 5.74) is 4.20. The summed E-state index contributed by atoms with van der Waals surface area (Å²) in [7, 11) is 3.34. The maximum atomic E-state index is 5.52. The average molecular weight is 419 g/mol. The Morgan fingerprint density at radius 2 is 1.73 bits per heavy atom. The third-order valence-corrected chi connectivity index (χ3v) is 5.75. The van der Waals surface area contributed by atoms with Crippen LogP contribution in [0.3, 0.4) is 0 Å². The van der Waals surface area contributed by atoms with Gasteiger partial charge in [-0.05, 0) is 48.9 Å². The maximum Gasteiger partial charge on any atom is 0.196 e. The quantitative estimate of drug-likeness (QED) is 0.396. The molecule has 0 radical (unpaired) electrons. The lowest BCUT2D eigenvalue weighted by Crippen LogP contribution is -2.02. The van der Waals surface area contributed by atoms with Gasteiger partial charge in [-0.15, -0.1) is 10.2 Å². The van der Waals surface area contributed by atoms with Crippen LogP contribution in [-0.4, -0.2) is 34.0 Å². The van der Waals surface area contributed by atoms with Crippen molar-refractivity contribution in [3.05, 3.63) is 78.1 Å². The lowest BCUT2D eigenvalue weighted by atomic mass is 10.2. The van der Waals surface area contributed by atoms with E-state index in [0.29, 0.717) is 5.75 Å². The van der Waals surface area contributed by atoms with E-state index in [2.05, 4.69) is 38.8 Å². The fourth-order valence-corrected chi connectivity index (χ4v) is 4.14. The summed E-state index contributed by atoms with van der Waals surface area (Å²) in [6.45, 7) is 2.09. The van der Waals surface area contributed by atoms with Crippen LogP contribution in [0.2, 0.25) is 0 Å². The van der Waals surface area contributed by atoms with Gasteiger partial charge in [0.05, 0.1) is 19.9 Å². The maximum absolute atomic E-state index is 5.52. The molecule has 0 saturated heterocycles. The number of ether oxygens (including phenoxy) is 2. The van der Waals surface area contributed by atoms with Gasteiger partial charge in [0.25, 0.3) is 0 Å². The topological polar surface area (TPSA) is 62.1 Å². The fourth-order valence-electron chi connectivity index (χ4n) is 3.22. The Morgan fingerprint density at radius 1 is 0.933 bits per heavy atom. The summed E-state index contributed by atoms with van der Waals surface area (Å²) >= 11 is 1.61. The SMILES string of the molecule is COc1ccc(OC)c(CSc2nnc(-c3ccncc3)n2-c2ccccc2C)c1. The molecule has 0 fully saturated rings. The molecule has 0 bridgehead atoms. The largest absolute Gasteiger partial charge is 0.497 e. The van der Waals surface area contributed by atoms with Gasteiger partial charge in [-0.3, -0.25) is 9.55 Å². The van der Waals surface area contributed by atoms with Crippen molar-refractivity contribution in [1.82, 2.24) is 19.7 Å². The van der Waals surface area contributed by atoms with Crippen LogP contribution in [0, 0.1) is 6.92 Å². The molecule has 6 nitrogen and oxygen atoms in total. The summed E-state index contributed by atoms with van der Waals surface area (Å²) in [4.78, 5) is 4.12. The minimum absolute atomic E-state index is 0.667. The van der Waals surface area contributed by atoms with E-state index in [9.17, 15) is 0 Å². The van der Waals surface area contributed by atoms with E-state index in [1.165, 1.54) is 0 Å². The molecule has 4 rings (SSSR count). The third kappa shape index (κ3) is 4.02. The number of pyridine rings is 1. The smallest absolute Gasteiger partial charge is 0.196 e. The third-order valence-electron chi connectivity index (χ3n) is 4.77. The van der Waals surface area contributed by atoms with E-state index in [0.717, 1.165) is 44.9 Å². The van der Waals surface area contributed by atoms with Crippen LogP contribution < -0.4 is 9.47 Å². The van der Waals surface area contributed by atoms with Gasteiger partial charge in [-0.2, -0.15) is 0 Å². The zero-order chi connectivity index (χ0) is 20.9. The van der Waals surface area contributed by atoms with Gasteiger partial charge in [0.1, 0.15) is 11.5 Å². The zero-order valence-electron chi connectivity index (χ0n) is 17.1. The second kappa shape index (κ2) is 9.00. The lowest BCUT2D eigenvalue weighted by Gasteiger charge is -2.14. The van der Waals surface area contributed by atoms with Crippen LogP contribution in [0.1, 0.15) is 11.1 Å². The van der Waals surface area contributed by atoms with Crippen LogP contribution >= 0.6 is 11.8 Å². The normalized spacial score (nSPS) is 10.8. The molecular formula is C23H22N4O2S. The predicted molar refractivity (Wildman–Crippen MR) is 118 cm³/mol. The van der Waals surface area contributed by atoms with Gasteiger partial charge in [0, 0.05) is 29.3 Å². The molecule has 0 N–H and O–H groups in total. The van der Waals surface area contributed by atoms with Crippen molar-refractivity contribution in [2.24, 2.45) is 0 Å². The summed E-state index contributed by atoms with van der Waals surface area (Å²) in [5.74, 6) is 3.07. The van der Waals surface area contributed by atoms with Crippen LogP contribution in [0.4, 0.5) is 0 Å². The minimum atomic E-state index is 0.667. The van der Waals surface area contributed by atoms with Gasteiger partial charge in [0.15, 0.2) is 11.0 Å². The highest BCUT2D eigenvalue weighted by Gasteiger charge is 2.18. The fraction of sp³-hybridized carbons (Fsp3) is 0.174. The molecule has 0 unspecified atom stereocenters. The molecule has 2 aromatic carbocycles. The number of benzene rings is 2. The highest BCUT2D eigenvalue weighted by Crippen LogP contribution is 2.33. The highest BCUT2D eigenvalue weighted by molar-refractivity contribution is 7.98. The van der Waals surface area contributed by atoms with Gasteiger partial charge in [-0.25, -0.2) is 0 Å². The van der Waals surface area contributed by atoms with Crippen LogP contribution in [-0.2, 0) is 5.75 Å². The molecule has 0 aliphatic carbocycles. The van der Waals surface area contributed by atoms with Crippen molar-refractivity contribution in [3.8, 4) is 28.6 Å². The van der Waals surface area contributed by atoms with Gasteiger partial charge in [0.2, 0.25) is 0 Å². The number of hydrogen-bond acceptors (Lipinski definition) is 6. The molecule has 30 heavy (non-hydrogen) atoms. The molecule has 2 aromatic heterocycles. The number of aryl methyl sites for hydroxylation is 1. The number of thioether (sulfide) groups is 1. The first-order valence-corrected chi connectivity index (χ1v) is 10.5. The molecule has 0 aliphatic rings. The van der Waals surface area contributed by atoms with E-state index in [1.54, 1.807) is 38.4 Å². The van der Waals surface area contributed by atoms with E-state index >= 15 is 0 Å². The number of rotatable bonds is 7. The average Bonchev–Trinajstić information content (AvgIpc) is 3.22. The Balaban J connectivity index is 1.74. The van der Waals surface area contributed by atoms with Crippen LogP contribution in [0.5, 0.6) is 11.5 Å². The number of methoxy groups -OCH3 is 2. The molecule has 0 saturated carbocycles. The zero-order valence-corrected chi connectivity index (χ0v) is 17.9. The van der Waals surface area contributed by atoms with Crippen molar-refractivity contribution in [2.45, 2.75) is 17.8 Å². The van der Waals surface area contributed by atoms with Gasteiger partial charge in [-0.1, -0.05) is 30.0 Å². The Bertz CT molecular complexity index is 1150. The first-order chi connectivity index (χ1) is 14.7. The van der Waals surface area contributed by atoms with Gasteiger partial charge < -0.3 is 9.47 Å². The highest BCUT2D eigenvalue weighted by atomic mass is 32.2. The summed E-state index contributed by atoms with van der Waals surface area (Å²) in [6.07, 6.45) is 3.53. The van der Waals surface area contributed by atoms with Crippen molar-refractivity contribution in [3.63, 3.8) is 0 Å². The summed E-state index contributed by atoms with van der Waals surface area (Å²) in [5, 5.41) is 9.81. The Kier molecular flexibility index (Phi) is 5.99. The molecule has 0 amide bonds. The monoisotopic (exact) mass is 418 g/mol. The van der Waals surface area contributed by atoms with Crippen LogP contribution in [0.25, 0.3) is 17.1 Å². The number of nitrogens with zero attached hydrogens (tertiary/aromatic N) is 4. The number of para-hydroxylation sites is 1. The van der Waals surface area contributed by atoms with Crippen molar-refractivity contribution < 1.29 is 9.47 Å². The molecule has 7 heteroatoms. The van der Waals surface area contributed by atoms with E-state index in [1.807, 2.05) is 42.5 Å². The summed E-state index contributed by atoms with van der Waals surface area (Å²) < 4.78 is 13.0. The van der Waals surface area contributed by atoms with Crippen molar-refractivity contribution in [1.29, 1.82) is 0 Å². The molecule has 0 atom stereocenters. The van der Waals surface area contributed by atoms with Gasteiger partial charge >= 0.3 is 0 Å². The Morgan fingerprint density at radius 3 is 2.47 bits per heavy atom. The van der Waals surface area contributed by atoms with Crippen molar-refractivity contribution >= 4 is 11.8 Å². The minimum Gasteiger partial charge on any atom is -0.497 e. The van der Waals surface area contributed by atoms with Crippen molar-refractivity contribution in [2.75, 3.05) is 14.2 Å². The standard InChI is InChI=1S/C23H22N4O2S/c1-16-6-4-5-7-20(16)27-22(17-10-12-24-13-11-17)25-26-23(27)30-15-18-14-19(28-2)8-9-21(18)29-3/h4-14H,15H2,1-3H3. The Labute approximate surface area is 179 Å². The van der Waals surface area contributed by atoms with E-state index in [4.69, 9.17) is 9.47 Å². The predicted octanol–water partition coefficient (Wildman–Crippen LogP) is 4.95. The van der Waals surface area contributed by atoms with Crippen LogP contribution in [0.15, 0.2) is 72.1 Å². The molecule has 152 valence electrons. The molecule has 2 heterocycles. The first kappa shape index (κ1) is 20.0. The molecule has 0 aliphatic heterocycles. The molecular weight excluding hydrogens is 396 g/mol. The Hall–Kier alpha value is -3.32. The van der Waals surface area contributed by atoms with E-state index < -0.39 is 0 Å². The lowest BCUT2D eigenvalue weighted by molar-refractivity contribution is 0.400. The number of aromatic nitrogens is 4.